The second kappa shape index (κ2) is 6.56. The summed E-state index contributed by atoms with van der Waals surface area (Å²) in [4.78, 5) is 4.92. The fourth-order valence-corrected chi connectivity index (χ4v) is 5.08. The number of para-hydroxylation sites is 3. The molecule has 3 heteroatoms. The van der Waals surface area contributed by atoms with Crippen LogP contribution in [0.4, 0.5) is 0 Å². The maximum Gasteiger partial charge on any atom is 0.0824 e. The molecule has 7 aromatic rings. The van der Waals surface area contributed by atoms with Crippen molar-refractivity contribution in [2.75, 3.05) is 0 Å². The Morgan fingerprint density at radius 1 is 0.438 bits per heavy atom. The minimum absolute atomic E-state index is 1.03. The van der Waals surface area contributed by atoms with Crippen molar-refractivity contribution < 1.29 is 0 Å². The SMILES string of the molecule is c1ccc(-n2c3ccccc3c3nccc4c3c3c2cccc3n4-c2ccccc2)cc1. The summed E-state index contributed by atoms with van der Waals surface area (Å²) in [6, 6.07) is 38.5. The van der Waals surface area contributed by atoms with Crippen LogP contribution in [0.15, 0.2) is 115 Å². The van der Waals surface area contributed by atoms with E-state index in [2.05, 4.69) is 118 Å². The number of benzene rings is 4. The predicted molar refractivity (Wildman–Crippen MR) is 133 cm³/mol. The molecule has 0 atom stereocenters. The molecule has 0 aliphatic heterocycles. The quantitative estimate of drug-likeness (QED) is 0.294. The van der Waals surface area contributed by atoms with Crippen molar-refractivity contribution in [2.24, 2.45) is 0 Å². The third kappa shape index (κ3) is 2.28. The van der Waals surface area contributed by atoms with E-state index in [0.717, 1.165) is 27.8 Å². The molecule has 0 unspecified atom stereocenters. The summed E-state index contributed by atoms with van der Waals surface area (Å²) in [5, 5.41) is 3.58. The zero-order valence-electron chi connectivity index (χ0n) is 17.3. The monoisotopic (exact) mass is 409 g/mol. The molecular formula is C29H19N3. The van der Waals surface area contributed by atoms with Crippen molar-refractivity contribution in [3.8, 4) is 11.4 Å². The van der Waals surface area contributed by atoms with E-state index in [1.807, 2.05) is 6.20 Å². The second-order valence-corrected chi connectivity index (χ2v) is 8.08. The Morgan fingerprint density at radius 3 is 1.66 bits per heavy atom. The lowest BCUT2D eigenvalue weighted by atomic mass is 10.1. The minimum Gasteiger partial charge on any atom is -0.309 e. The predicted octanol–water partition coefficient (Wildman–Crippen LogP) is 7.28. The summed E-state index contributed by atoms with van der Waals surface area (Å²) in [5.41, 5.74) is 8.01. The van der Waals surface area contributed by atoms with Crippen LogP contribution in [0.1, 0.15) is 0 Å². The molecule has 150 valence electrons. The fourth-order valence-electron chi connectivity index (χ4n) is 5.08. The molecule has 0 aliphatic carbocycles. The Morgan fingerprint density at radius 2 is 0.969 bits per heavy atom. The van der Waals surface area contributed by atoms with E-state index in [1.54, 1.807) is 0 Å². The topological polar surface area (TPSA) is 22.8 Å². The minimum atomic E-state index is 1.03. The first kappa shape index (κ1) is 17.3. The molecule has 3 heterocycles. The van der Waals surface area contributed by atoms with Gasteiger partial charge in [0.1, 0.15) is 0 Å². The van der Waals surface area contributed by atoms with Gasteiger partial charge in [-0.05, 0) is 48.5 Å². The highest BCUT2D eigenvalue weighted by Crippen LogP contribution is 2.40. The maximum absolute atomic E-state index is 4.92. The van der Waals surface area contributed by atoms with Crippen molar-refractivity contribution in [1.82, 2.24) is 14.1 Å². The lowest BCUT2D eigenvalue weighted by Crippen LogP contribution is -1.98. The molecule has 0 saturated heterocycles. The molecule has 0 spiro atoms. The van der Waals surface area contributed by atoms with Gasteiger partial charge < -0.3 is 9.13 Å². The molecule has 0 amide bonds. The normalized spacial score (nSPS) is 11.8. The Bertz CT molecular complexity index is 1760. The first-order chi connectivity index (χ1) is 15.9. The summed E-state index contributed by atoms with van der Waals surface area (Å²) in [6.07, 6.45) is 1.94. The molecule has 0 fully saturated rings. The van der Waals surface area contributed by atoms with Gasteiger partial charge in [-0.15, -0.1) is 0 Å². The van der Waals surface area contributed by atoms with Crippen LogP contribution in [0.5, 0.6) is 0 Å². The lowest BCUT2D eigenvalue weighted by Gasteiger charge is -2.13. The molecule has 0 bridgehead atoms. The van der Waals surface area contributed by atoms with Crippen LogP contribution in [0, 0.1) is 0 Å². The van der Waals surface area contributed by atoms with E-state index < -0.39 is 0 Å². The third-order valence-electron chi connectivity index (χ3n) is 6.35. The highest BCUT2D eigenvalue weighted by Gasteiger charge is 2.20. The zero-order chi connectivity index (χ0) is 21.1. The van der Waals surface area contributed by atoms with Gasteiger partial charge in [0.2, 0.25) is 0 Å². The standard InChI is InChI=1S/C29H19N3/c1-3-10-20(11-4-1)31-23-15-8-7-14-22(23)29-28-26(18-19-30-29)32(21-12-5-2-6-13-21)25-17-9-16-24(31)27(25)28/h1-19H. The molecule has 32 heavy (non-hydrogen) atoms. The molecule has 4 aromatic carbocycles. The van der Waals surface area contributed by atoms with E-state index in [-0.39, 0.29) is 0 Å². The first-order valence-corrected chi connectivity index (χ1v) is 10.8. The van der Waals surface area contributed by atoms with Crippen molar-refractivity contribution in [3.63, 3.8) is 0 Å². The van der Waals surface area contributed by atoms with Gasteiger partial charge in [-0.3, -0.25) is 4.98 Å². The molecular weight excluding hydrogens is 390 g/mol. The molecule has 3 aromatic heterocycles. The highest BCUT2D eigenvalue weighted by atomic mass is 15.0. The summed E-state index contributed by atoms with van der Waals surface area (Å²) in [6.45, 7) is 0. The highest BCUT2D eigenvalue weighted by molar-refractivity contribution is 6.26. The second-order valence-electron chi connectivity index (χ2n) is 8.08. The van der Waals surface area contributed by atoms with Crippen LogP contribution >= 0.6 is 0 Å². The van der Waals surface area contributed by atoms with Gasteiger partial charge in [-0.1, -0.05) is 60.7 Å². The average Bonchev–Trinajstić information content (AvgIpc) is 3.14. The first-order valence-electron chi connectivity index (χ1n) is 10.8. The van der Waals surface area contributed by atoms with Crippen molar-refractivity contribution in [1.29, 1.82) is 0 Å². The molecule has 0 aliphatic rings. The number of fused-ring (bicyclic) bond motifs is 2. The van der Waals surface area contributed by atoms with Crippen LogP contribution in [0.2, 0.25) is 0 Å². The van der Waals surface area contributed by atoms with Crippen molar-refractivity contribution in [2.45, 2.75) is 0 Å². The Kier molecular flexibility index (Phi) is 3.55. The molecule has 0 N–H and O–H groups in total. The molecule has 0 radical (unpaired) electrons. The van der Waals surface area contributed by atoms with Gasteiger partial charge in [0.25, 0.3) is 0 Å². The number of pyridine rings is 1. The van der Waals surface area contributed by atoms with E-state index in [0.29, 0.717) is 0 Å². The zero-order valence-corrected chi connectivity index (χ0v) is 17.3. The van der Waals surface area contributed by atoms with Gasteiger partial charge >= 0.3 is 0 Å². The Labute approximate surface area is 184 Å². The maximum atomic E-state index is 4.92. The van der Waals surface area contributed by atoms with Gasteiger partial charge in [0.15, 0.2) is 0 Å². The summed E-state index contributed by atoms with van der Waals surface area (Å²) < 4.78 is 4.73. The molecule has 0 saturated carbocycles. The summed E-state index contributed by atoms with van der Waals surface area (Å²) in [7, 11) is 0. The van der Waals surface area contributed by atoms with Crippen LogP contribution in [-0.2, 0) is 0 Å². The van der Waals surface area contributed by atoms with Gasteiger partial charge in [-0.2, -0.15) is 0 Å². The van der Waals surface area contributed by atoms with E-state index in [1.165, 1.54) is 27.3 Å². The Hall–Kier alpha value is -4.37. The largest absolute Gasteiger partial charge is 0.309 e. The third-order valence-corrected chi connectivity index (χ3v) is 6.35. The summed E-state index contributed by atoms with van der Waals surface area (Å²) in [5.74, 6) is 0. The lowest BCUT2D eigenvalue weighted by molar-refractivity contribution is 1.16. The van der Waals surface area contributed by atoms with Crippen LogP contribution in [-0.4, -0.2) is 14.1 Å². The van der Waals surface area contributed by atoms with Crippen molar-refractivity contribution >= 4 is 43.7 Å². The fraction of sp³-hybridized carbons (Fsp3) is 0. The smallest absolute Gasteiger partial charge is 0.0824 e. The van der Waals surface area contributed by atoms with Crippen LogP contribution in [0.3, 0.4) is 0 Å². The average molecular weight is 409 g/mol. The van der Waals surface area contributed by atoms with E-state index in [4.69, 9.17) is 4.98 Å². The number of aromatic nitrogens is 3. The molecule has 3 nitrogen and oxygen atoms in total. The van der Waals surface area contributed by atoms with Crippen LogP contribution in [0.25, 0.3) is 55.1 Å². The van der Waals surface area contributed by atoms with E-state index in [9.17, 15) is 0 Å². The number of hydrogen-bond donors (Lipinski definition) is 0. The van der Waals surface area contributed by atoms with E-state index >= 15 is 0 Å². The van der Waals surface area contributed by atoms with Crippen LogP contribution < -0.4 is 0 Å². The van der Waals surface area contributed by atoms with Crippen molar-refractivity contribution in [3.05, 3.63) is 115 Å². The van der Waals surface area contributed by atoms with Gasteiger partial charge in [-0.25, -0.2) is 0 Å². The van der Waals surface area contributed by atoms with Gasteiger partial charge in [0, 0.05) is 33.7 Å². The molecule has 7 rings (SSSR count). The number of rotatable bonds is 2. The Balaban J connectivity index is 1.84. The van der Waals surface area contributed by atoms with Gasteiger partial charge in [0.05, 0.1) is 27.6 Å². The number of nitrogens with zero attached hydrogens (tertiary/aromatic N) is 3. The number of hydrogen-bond acceptors (Lipinski definition) is 1. The summed E-state index contributed by atoms with van der Waals surface area (Å²) >= 11 is 0.